The van der Waals surface area contributed by atoms with Crippen molar-refractivity contribution in [3.8, 4) is 5.75 Å². The summed E-state index contributed by atoms with van der Waals surface area (Å²) in [7, 11) is 2.90. The summed E-state index contributed by atoms with van der Waals surface area (Å²) in [5.74, 6) is 0.175. The standard InChI is InChI=1S/C20H18N2O5/c1-21-20(24)19(22-25-2)16-6-4-3-5-14(16)12-26-15-9-7-13-8-10-18(23)27-17(13)11-15/h3-11H,12H2,1-2H3,(H,21,24). The van der Waals surface area contributed by atoms with Crippen LogP contribution >= 0.6 is 0 Å². The smallest absolute Gasteiger partial charge is 0.336 e. The predicted octanol–water partition coefficient (Wildman–Crippen LogP) is 2.47. The third-order valence-electron chi connectivity index (χ3n) is 3.89. The fourth-order valence-corrected chi connectivity index (χ4v) is 2.59. The Morgan fingerprint density at radius 1 is 1.15 bits per heavy atom. The van der Waals surface area contributed by atoms with Gasteiger partial charge in [0.2, 0.25) is 0 Å². The minimum atomic E-state index is -0.420. The first-order valence-electron chi connectivity index (χ1n) is 8.20. The predicted molar refractivity (Wildman–Crippen MR) is 101 cm³/mol. The van der Waals surface area contributed by atoms with Gasteiger partial charge >= 0.3 is 5.63 Å². The normalized spacial score (nSPS) is 11.3. The molecule has 0 aliphatic rings. The zero-order chi connectivity index (χ0) is 19.2. The Kier molecular flexibility index (Phi) is 5.51. The number of carbonyl (C=O) groups is 1. The lowest BCUT2D eigenvalue weighted by Crippen LogP contribution is -2.29. The number of nitrogens with zero attached hydrogens (tertiary/aromatic N) is 1. The summed E-state index contributed by atoms with van der Waals surface area (Å²) in [6.07, 6.45) is 0. The lowest BCUT2D eigenvalue weighted by Gasteiger charge is -2.12. The molecule has 0 aliphatic heterocycles. The highest BCUT2D eigenvalue weighted by Gasteiger charge is 2.17. The van der Waals surface area contributed by atoms with E-state index in [0.29, 0.717) is 16.9 Å². The molecular weight excluding hydrogens is 348 g/mol. The van der Waals surface area contributed by atoms with Crippen molar-refractivity contribution in [2.45, 2.75) is 6.61 Å². The van der Waals surface area contributed by atoms with E-state index in [4.69, 9.17) is 14.0 Å². The van der Waals surface area contributed by atoms with Crippen LogP contribution in [-0.2, 0) is 16.2 Å². The molecule has 0 radical (unpaired) electrons. The molecule has 0 aliphatic carbocycles. The minimum Gasteiger partial charge on any atom is -0.489 e. The molecule has 0 unspecified atom stereocenters. The molecule has 3 rings (SSSR count). The highest BCUT2D eigenvalue weighted by Crippen LogP contribution is 2.21. The van der Waals surface area contributed by atoms with Gasteiger partial charge in [0.25, 0.3) is 5.91 Å². The second-order valence-corrected chi connectivity index (χ2v) is 5.60. The van der Waals surface area contributed by atoms with Crippen LogP contribution in [0.3, 0.4) is 0 Å². The Morgan fingerprint density at radius 3 is 2.70 bits per heavy atom. The number of ether oxygens (including phenoxy) is 1. The Labute approximate surface area is 155 Å². The number of benzene rings is 2. The molecule has 27 heavy (non-hydrogen) atoms. The van der Waals surface area contributed by atoms with Gasteiger partial charge in [0, 0.05) is 30.1 Å². The zero-order valence-corrected chi connectivity index (χ0v) is 14.9. The van der Waals surface area contributed by atoms with Crippen LogP contribution in [-0.4, -0.2) is 25.8 Å². The molecule has 1 heterocycles. The third-order valence-corrected chi connectivity index (χ3v) is 3.89. The number of nitrogens with one attached hydrogen (secondary N) is 1. The third kappa shape index (κ3) is 4.14. The van der Waals surface area contributed by atoms with Gasteiger partial charge in [-0.3, -0.25) is 4.79 Å². The van der Waals surface area contributed by atoms with Crippen LogP contribution in [0.5, 0.6) is 5.75 Å². The molecule has 138 valence electrons. The zero-order valence-electron chi connectivity index (χ0n) is 14.9. The monoisotopic (exact) mass is 366 g/mol. The van der Waals surface area contributed by atoms with Crippen LogP contribution in [0.4, 0.5) is 0 Å². The average Bonchev–Trinajstić information content (AvgIpc) is 2.70. The van der Waals surface area contributed by atoms with E-state index in [9.17, 15) is 9.59 Å². The van der Waals surface area contributed by atoms with Gasteiger partial charge in [-0.25, -0.2) is 4.79 Å². The van der Waals surface area contributed by atoms with Gasteiger partial charge in [0.05, 0.1) is 0 Å². The number of fused-ring (bicyclic) bond motifs is 1. The SMILES string of the molecule is CNC(=O)C(=NOC)c1ccccc1COc1ccc2ccc(=O)oc2c1. The Morgan fingerprint density at radius 2 is 1.93 bits per heavy atom. The lowest BCUT2D eigenvalue weighted by atomic mass is 10.0. The molecule has 1 aromatic heterocycles. The summed E-state index contributed by atoms with van der Waals surface area (Å²) in [4.78, 5) is 28.3. The lowest BCUT2D eigenvalue weighted by molar-refractivity contribution is -0.114. The topological polar surface area (TPSA) is 90.1 Å². The summed E-state index contributed by atoms with van der Waals surface area (Å²) < 4.78 is 11.0. The van der Waals surface area contributed by atoms with Crippen LogP contribution in [0.1, 0.15) is 11.1 Å². The molecular formula is C20H18N2O5. The van der Waals surface area contributed by atoms with Crippen molar-refractivity contribution in [3.63, 3.8) is 0 Å². The van der Waals surface area contributed by atoms with Gasteiger partial charge in [0.15, 0.2) is 5.71 Å². The fraction of sp³-hybridized carbons (Fsp3) is 0.150. The van der Waals surface area contributed by atoms with E-state index in [0.717, 1.165) is 10.9 Å². The summed E-state index contributed by atoms with van der Waals surface area (Å²) in [5.41, 5.74) is 1.54. The first kappa shape index (κ1) is 18.2. The highest BCUT2D eigenvalue weighted by atomic mass is 16.6. The number of hydrogen-bond acceptors (Lipinski definition) is 6. The van der Waals surface area contributed by atoms with Crippen molar-refractivity contribution in [1.82, 2.24) is 5.32 Å². The summed E-state index contributed by atoms with van der Waals surface area (Å²) in [6, 6.07) is 15.6. The van der Waals surface area contributed by atoms with E-state index in [1.54, 1.807) is 30.3 Å². The number of rotatable bonds is 6. The molecule has 0 fully saturated rings. The van der Waals surface area contributed by atoms with Crippen LogP contribution in [0.2, 0.25) is 0 Å². The van der Waals surface area contributed by atoms with E-state index in [1.165, 1.54) is 20.2 Å². The van der Waals surface area contributed by atoms with Gasteiger partial charge in [-0.05, 0) is 23.8 Å². The van der Waals surface area contributed by atoms with Crippen molar-refractivity contribution < 1.29 is 18.8 Å². The molecule has 0 bridgehead atoms. The maximum absolute atomic E-state index is 12.1. The van der Waals surface area contributed by atoms with E-state index in [1.807, 2.05) is 18.2 Å². The van der Waals surface area contributed by atoms with Crippen molar-refractivity contribution in [2.24, 2.45) is 5.16 Å². The van der Waals surface area contributed by atoms with Crippen molar-refractivity contribution >= 4 is 22.6 Å². The minimum absolute atomic E-state index is 0.156. The molecule has 1 amide bonds. The first-order chi connectivity index (χ1) is 13.1. The van der Waals surface area contributed by atoms with E-state index in [2.05, 4.69) is 10.5 Å². The molecule has 1 N–H and O–H groups in total. The number of oxime groups is 1. The van der Waals surface area contributed by atoms with E-state index >= 15 is 0 Å². The Balaban J connectivity index is 1.87. The molecule has 0 spiro atoms. The van der Waals surface area contributed by atoms with Crippen molar-refractivity contribution in [3.05, 3.63) is 76.1 Å². The number of hydrogen-bond donors (Lipinski definition) is 1. The van der Waals surface area contributed by atoms with Crippen LogP contribution in [0.15, 0.2) is 69.0 Å². The largest absolute Gasteiger partial charge is 0.489 e. The fourth-order valence-electron chi connectivity index (χ4n) is 2.59. The second kappa shape index (κ2) is 8.18. The average molecular weight is 366 g/mol. The van der Waals surface area contributed by atoms with Crippen molar-refractivity contribution in [2.75, 3.05) is 14.2 Å². The summed E-state index contributed by atoms with van der Waals surface area (Å²) in [6.45, 7) is 0.193. The molecule has 3 aromatic rings. The Hall–Kier alpha value is -3.61. The Bertz CT molecular complexity index is 1060. The van der Waals surface area contributed by atoms with Crippen LogP contribution in [0.25, 0.3) is 11.0 Å². The first-order valence-corrected chi connectivity index (χ1v) is 8.20. The van der Waals surface area contributed by atoms with Gasteiger partial charge < -0.3 is 19.3 Å². The van der Waals surface area contributed by atoms with Gasteiger partial charge in [0.1, 0.15) is 25.0 Å². The van der Waals surface area contributed by atoms with Gasteiger partial charge in [-0.2, -0.15) is 0 Å². The second-order valence-electron chi connectivity index (χ2n) is 5.60. The van der Waals surface area contributed by atoms with Crippen LogP contribution in [0, 0.1) is 0 Å². The highest BCUT2D eigenvalue weighted by molar-refractivity contribution is 6.45. The molecule has 0 saturated carbocycles. The number of carbonyl (C=O) groups excluding carboxylic acids is 1. The summed E-state index contributed by atoms with van der Waals surface area (Å²) >= 11 is 0. The number of likely N-dealkylation sites (N-methyl/N-ethyl adjacent to an activating group) is 1. The van der Waals surface area contributed by atoms with E-state index in [-0.39, 0.29) is 18.2 Å². The van der Waals surface area contributed by atoms with Gasteiger partial charge in [-0.1, -0.05) is 29.4 Å². The maximum Gasteiger partial charge on any atom is 0.336 e. The van der Waals surface area contributed by atoms with Crippen LogP contribution < -0.4 is 15.7 Å². The molecule has 7 nitrogen and oxygen atoms in total. The van der Waals surface area contributed by atoms with Gasteiger partial charge in [-0.15, -0.1) is 0 Å². The maximum atomic E-state index is 12.1. The molecule has 0 saturated heterocycles. The van der Waals surface area contributed by atoms with E-state index < -0.39 is 5.63 Å². The number of amides is 1. The molecule has 2 aromatic carbocycles. The molecule has 7 heteroatoms. The van der Waals surface area contributed by atoms with Crippen molar-refractivity contribution in [1.29, 1.82) is 0 Å². The molecule has 0 atom stereocenters. The summed E-state index contributed by atoms with van der Waals surface area (Å²) in [5, 5.41) is 7.18. The quantitative estimate of drug-likeness (QED) is 0.411.